The minimum atomic E-state index is -0.186. The summed E-state index contributed by atoms with van der Waals surface area (Å²) in [5.74, 6) is -0.186. The molecule has 0 saturated carbocycles. The summed E-state index contributed by atoms with van der Waals surface area (Å²) < 4.78 is 0. The molecule has 2 heteroatoms. The fourth-order valence-corrected chi connectivity index (χ4v) is 2.01. The van der Waals surface area contributed by atoms with Gasteiger partial charge in [0.05, 0.1) is 0 Å². The van der Waals surface area contributed by atoms with Crippen molar-refractivity contribution < 1.29 is 4.79 Å². The van der Waals surface area contributed by atoms with Crippen LogP contribution in [0, 0.1) is 10.8 Å². The SMILES string of the molecule is CCC(C)(CC(N)=O)CC(C)(C)C. The van der Waals surface area contributed by atoms with Gasteiger partial charge in [0.25, 0.3) is 0 Å². The van der Waals surface area contributed by atoms with Crippen LogP contribution in [0.5, 0.6) is 0 Å². The molecule has 2 N–H and O–H groups in total. The molecular formula is C11H23NO. The quantitative estimate of drug-likeness (QED) is 0.719. The number of hydrogen-bond acceptors (Lipinski definition) is 1. The van der Waals surface area contributed by atoms with Crippen LogP contribution in [-0.2, 0) is 4.79 Å². The fraction of sp³-hybridized carbons (Fsp3) is 0.909. The van der Waals surface area contributed by atoms with Gasteiger partial charge in [0.1, 0.15) is 0 Å². The van der Waals surface area contributed by atoms with Gasteiger partial charge in [-0.25, -0.2) is 0 Å². The van der Waals surface area contributed by atoms with Crippen LogP contribution in [-0.4, -0.2) is 5.91 Å². The zero-order valence-electron chi connectivity index (χ0n) is 9.61. The van der Waals surface area contributed by atoms with Crippen molar-refractivity contribution in [1.29, 1.82) is 0 Å². The van der Waals surface area contributed by atoms with E-state index in [9.17, 15) is 4.79 Å². The molecule has 0 radical (unpaired) electrons. The molecule has 0 spiro atoms. The molecule has 0 aromatic carbocycles. The van der Waals surface area contributed by atoms with Gasteiger partial charge in [0, 0.05) is 6.42 Å². The van der Waals surface area contributed by atoms with E-state index in [2.05, 4.69) is 34.6 Å². The lowest BCUT2D eigenvalue weighted by molar-refractivity contribution is -0.120. The first-order valence-corrected chi connectivity index (χ1v) is 4.97. The third-order valence-electron chi connectivity index (χ3n) is 2.41. The summed E-state index contributed by atoms with van der Waals surface area (Å²) in [5, 5.41) is 0. The molecule has 0 aromatic heterocycles. The van der Waals surface area contributed by atoms with Crippen molar-refractivity contribution in [3.63, 3.8) is 0 Å². The largest absolute Gasteiger partial charge is 0.370 e. The van der Waals surface area contributed by atoms with E-state index >= 15 is 0 Å². The molecule has 2 nitrogen and oxygen atoms in total. The maximum atomic E-state index is 10.9. The van der Waals surface area contributed by atoms with Gasteiger partial charge < -0.3 is 5.73 Å². The molecule has 1 atom stereocenters. The molecule has 0 aromatic rings. The molecule has 13 heavy (non-hydrogen) atoms. The lowest BCUT2D eigenvalue weighted by Gasteiger charge is -2.34. The molecule has 0 aliphatic heterocycles. The van der Waals surface area contributed by atoms with E-state index in [-0.39, 0.29) is 16.7 Å². The van der Waals surface area contributed by atoms with Gasteiger partial charge in [-0.2, -0.15) is 0 Å². The summed E-state index contributed by atoms with van der Waals surface area (Å²) in [6, 6.07) is 0. The Balaban J connectivity index is 4.36. The number of amides is 1. The van der Waals surface area contributed by atoms with Crippen LogP contribution >= 0.6 is 0 Å². The average Bonchev–Trinajstić information content (AvgIpc) is 1.81. The molecule has 1 amide bonds. The van der Waals surface area contributed by atoms with E-state index in [1.54, 1.807) is 0 Å². The molecule has 0 bridgehead atoms. The summed E-state index contributed by atoms with van der Waals surface area (Å²) in [7, 11) is 0. The van der Waals surface area contributed by atoms with Gasteiger partial charge >= 0.3 is 0 Å². The maximum Gasteiger partial charge on any atom is 0.217 e. The normalized spacial score (nSPS) is 16.7. The zero-order chi connectivity index (χ0) is 10.7. The highest BCUT2D eigenvalue weighted by Gasteiger charge is 2.29. The fourth-order valence-electron chi connectivity index (χ4n) is 2.01. The Morgan fingerprint density at radius 3 is 1.92 bits per heavy atom. The van der Waals surface area contributed by atoms with Gasteiger partial charge in [-0.05, 0) is 17.3 Å². The standard InChI is InChI=1S/C11H23NO/c1-6-11(5,7-9(12)13)8-10(2,3)4/h6-8H2,1-5H3,(H2,12,13). The lowest BCUT2D eigenvalue weighted by atomic mass is 9.71. The van der Waals surface area contributed by atoms with E-state index in [1.807, 2.05) is 0 Å². The van der Waals surface area contributed by atoms with Crippen molar-refractivity contribution >= 4 is 5.91 Å². The number of nitrogens with two attached hydrogens (primary N) is 1. The van der Waals surface area contributed by atoms with Crippen molar-refractivity contribution in [2.45, 2.75) is 53.9 Å². The summed E-state index contributed by atoms with van der Waals surface area (Å²) in [6.45, 7) is 10.9. The van der Waals surface area contributed by atoms with E-state index in [0.717, 1.165) is 12.8 Å². The molecule has 0 aliphatic rings. The summed E-state index contributed by atoms with van der Waals surface area (Å²) in [4.78, 5) is 10.9. The highest BCUT2D eigenvalue weighted by Crippen LogP contribution is 2.38. The van der Waals surface area contributed by atoms with E-state index in [0.29, 0.717) is 6.42 Å². The minimum Gasteiger partial charge on any atom is -0.370 e. The Bertz CT molecular complexity index is 181. The topological polar surface area (TPSA) is 43.1 Å². The van der Waals surface area contributed by atoms with Crippen LogP contribution in [0.4, 0.5) is 0 Å². The van der Waals surface area contributed by atoms with Crippen molar-refractivity contribution in [3.8, 4) is 0 Å². The molecule has 1 unspecified atom stereocenters. The predicted octanol–water partition coefficient (Wildman–Crippen LogP) is 2.71. The Hall–Kier alpha value is -0.530. The van der Waals surface area contributed by atoms with Crippen LogP contribution in [0.2, 0.25) is 0 Å². The van der Waals surface area contributed by atoms with Crippen molar-refractivity contribution in [2.24, 2.45) is 16.6 Å². The molecule has 0 saturated heterocycles. The monoisotopic (exact) mass is 185 g/mol. The van der Waals surface area contributed by atoms with Crippen molar-refractivity contribution in [1.82, 2.24) is 0 Å². The van der Waals surface area contributed by atoms with Crippen LogP contribution in [0.15, 0.2) is 0 Å². The average molecular weight is 185 g/mol. The minimum absolute atomic E-state index is 0.0735. The molecular weight excluding hydrogens is 162 g/mol. The van der Waals surface area contributed by atoms with Gasteiger partial charge in [0.15, 0.2) is 0 Å². The molecule has 0 fully saturated rings. The summed E-state index contributed by atoms with van der Waals surface area (Å²) in [5.41, 5.74) is 5.57. The molecule has 0 rings (SSSR count). The van der Waals surface area contributed by atoms with Gasteiger partial charge in [-0.3, -0.25) is 4.79 Å². The van der Waals surface area contributed by atoms with Crippen LogP contribution in [0.1, 0.15) is 53.9 Å². The third-order valence-corrected chi connectivity index (χ3v) is 2.41. The lowest BCUT2D eigenvalue weighted by Crippen LogP contribution is -2.29. The van der Waals surface area contributed by atoms with Crippen LogP contribution in [0.25, 0.3) is 0 Å². The van der Waals surface area contributed by atoms with E-state index in [1.165, 1.54) is 0 Å². The molecule has 0 heterocycles. The number of rotatable bonds is 4. The van der Waals surface area contributed by atoms with Crippen LogP contribution in [0.3, 0.4) is 0 Å². The zero-order valence-corrected chi connectivity index (χ0v) is 9.61. The Labute approximate surface area is 81.9 Å². The highest BCUT2D eigenvalue weighted by molar-refractivity contribution is 5.74. The van der Waals surface area contributed by atoms with Gasteiger partial charge in [-0.1, -0.05) is 41.0 Å². The second-order valence-corrected chi connectivity index (χ2v) is 5.54. The van der Waals surface area contributed by atoms with Gasteiger partial charge in [-0.15, -0.1) is 0 Å². The van der Waals surface area contributed by atoms with Gasteiger partial charge in [0.2, 0.25) is 5.91 Å². The first-order valence-electron chi connectivity index (χ1n) is 4.97. The second-order valence-electron chi connectivity index (χ2n) is 5.54. The predicted molar refractivity (Wildman–Crippen MR) is 56.3 cm³/mol. The molecule has 78 valence electrons. The smallest absolute Gasteiger partial charge is 0.217 e. The highest BCUT2D eigenvalue weighted by atomic mass is 16.1. The first kappa shape index (κ1) is 12.5. The molecule has 0 aliphatic carbocycles. The van der Waals surface area contributed by atoms with E-state index < -0.39 is 0 Å². The van der Waals surface area contributed by atoms with E-state index in [4.69, 9.17) is 5.73 Å². The van der Waals surface area contributed by atoms with Crippen molar-refractivity contribution in [3.05, 3.63) is 0 Å². The second kappa shape index (κ2) is 4.12. The number of carbonyl (C=O) groups excluding carboxylic acids is 1. The Morgan fingerprint density at radius 1 is 1.23 bits per heavy atom. The van der Waals surface area contributed by atoms with Crippen LogP contribution < -0.4 is 5.73 Å². The Morgan fingerprint density at radius 2 is 1.69 bits per heavy atom. The number of hydrogen-bond donors (Lipinski definition) is 1. The number of primary amides is 1. The third kappa shape index (κ3) is 5.67. The summed E-state index contributed by atoms with van der Waals surface area (Å²) >= 11 is 0. The summed E-state index contributed by atoms with van der Waals surface area (Å²) in [6.07, 6.45) is 2.55. The maximum absolute atomic E-state index is 10.9. The van der Waals surface area contributed by atoms with Crippen molar-refractivity contribution in [2.75, 3.05) is 0 Å². The Kier molecular flexibility index (Phi) is 3.95. The first-order chi connectivity index (χ1) is 5.68. The number of carbonyl (C=O) groups is 1.